The summed E-state index contributed by atoms with van der Waals surface area (Å²) >= 11 is 0. The summed E-state index contributed by atoms with van der Waals surface area (Å²) in [4.78, 5) is 20.8. The summed E-state index contributed by atoms with van der Waals surface area (Å²) in [7, 11) is 6.15. The SMILES string of the molecule is CN1C=CN(c2[c-]cc(-c3ccc(-c4ccccc4)cc3)cc2)[CH-]1.CN1[CH-]N(c2[c-]cc(-c3ccccc3)cc2)c2ccccc21.CN1[CH-]N(c2[c-]cc(-c3ccccc3)cc2)c2ccccc21.Cc1cc(-c2[c-]cc(C(C)(C)C)cc2)[n-]n1.[Pt+4].[Pt+4].[Pt+4].[c-]1ccccc1-c1[n-]nc2ccccc12.[c-]1ccccc1-c1ncc[n-]1. The van der Waals surface area contributed by atoms with Gasteiger partial charge in [-0.25, -0.2) is 5.69 Å². The van der Waals surface area contributed by atoms with Crippen molar-refractivity contribution in [3.05, 3.63) is 408 Å². The molecular formula is C98H80N12Pt3. The first kappa shape index (κ1) is 82.3. The van der Waals surface area contributed by atoms with Gasteiger partial charge in [0.05, 0.1) is 0 Å². The molecule has 113 heavy (non-hydrogen) atoms. The largest absolute Gasteiger partial charge is 4.00 e. The van der Waals surface area contributed by atoms with Crippen LogP contribution >= 0.6 is 0 Å². The minimum atomic E-state index is 0. The number of nitrogens with zero attached hydrogens (tertiary/aromatic N) is 12. The van der Waals surface area contributed by atoms with E-state index >= 15 is 0 Å². The predicted molar refractivity (Wildman–Crippen MR) is 450 cm³/mol. The molecule has 0 unspecified atom stereocenters. The third-order valence-electron chi connectivity index (χ3n) is 18.5. The summed E-state index contributed by atoms with van der Waals surface area (Å²) in [6.07, 6.45) is 7.40. The molecule has 0 amide bonds. The number of fused-ring (bicyclic) bond motifs is 3. The Kier molecular flexibility index (Phi) is 28.8. The smallest absolute Gasteiger partial charge is 0.619 e. The zero-order chi connectivity index (χ0) is 75.6. The zero-order valence-electron chi connectivity index (χ0n) is 63.4. The minimum Gasteiger partial charge on any atom is -0.619 e. The van der Waals surface area contributed by atoms with Gasteiger partial charge in [-0.1, -0.05) is 219 Å². The second kappa shape index (κ2) is 39.5. The molecule has 13 aromatic carbocycles. The Morgan fingerprint density at radius 1 is 0.381 bits per heavy atom. The van der Waals surface area contributed by atoms with Crippen LogP contribution in [0.25, 0.3) is 89.3 Å². The molecule has 16 aromatic rings. The fourth-order valence-electron chi connectivity index (χ4n) is 12.6. The molecule has 0 aliphatic carbocycles. The van der Waals surface area contributed by atoms with E-state index in [2.05, 4.69) is 346 Å². The Labute approximate surface area is 708 Å². The van der Waals surface area contributed by atoms with Crippen LogP contribution in [0, 0.1) is 63.3 Å². The first-order chi connectivity index (χ1) is 53.8. The second-order valence-corrected chi connectivity index (χ2v) is 27.3. The fraction of sp³-hybridized carbons (Fsp3) is 0.0816. The number of para-hydroxylation sites is 4. The molecule has 0 spiro atoms. The van der Waals surface area contributed by atoms with Gasteiger partial charge in [-0.15, -0.1) is 148 Å². The molecule has 6 heterocycles. The van der Waals surface area contributed by atoms with Crippen LogP contribution in [-0.2, 0) is 68.6 Å². The maximum Gasteiger partial charge on any atom is 4.00 e. The number of imidazole rings is 1. The first-order valence-electron chi connectivity index (χ1n) is 36.4. The molecule has 15 heteroatoms. The molecular weight excluding hydrogens is 1930 g/mol. The molecule has 3 aromatic heterocycles. The molecule has 3 aliphatic heterocycles. The van der Waals surface area contributed by atoms with Crippen molar-refractivity contribution in [2.75, 3.05) is 45.6 Å². The standard InChI is InChI=1S/C22H18N2.2C20H16N2.C14H16N2.C13H8N2.C9H6N2.3Pt/c1-23-15-16-24(17-23)22-13-11-21(12-14-22)20-9-7-19(8-10-20)18-5-3-2-4-6-18;2*1-21-15-22(20-10-6-5-9-19(20)21)18-13-11-17(12-14-18)16-7-3-2-4-8-16;1-10-9-13(16-15-10)11-5-7-12(8-6-11)14(2,3)4;1-2-6-10(7-3-1)13-11-8-4-5-9-12(11)14-15-13;1-2-4-8(5-3-1)9-10-6-7-11-9;;;/h2-13,15-17H,1H3;2*2-13,15H,1H3;5,7-9H,1-4H3;1-6,8-9H;1-4,6-7H;;;/q6*-2;3*+4. The monoisotopic (exact) mass is 2010 g/mol. The molecule has 0 bridgehead atoms. The van der Waals surface area contributed by atoms with Gasteiger partial charge in [0.2, 0.25) is 0 Å². The summed E-state index contributed by atoms with van der Waals surface area (Å²) < 4.78 is 0. The number of anilines is 7. The van der Waals surface area contributed by atoms with Crippen LogP contribution in [0.1, 0.15) is 32.0 Å². The van der Waals surface area contributed by atoms with E-state index in [1.54, 1.807) is 12.4 Å². The molecule has 3 aliphatic rings. The van der Waals surface area contributed by atoms with Crippen LogP contribution < -0.4 is 39.7 Å². The molecule has 0 atom stereocenters. The number of hydrogen-bond acceptors (Lipinski definition) is 9. The topological polar surface area (TPSA) is 100 Å². The van der Waals surface area contributed by atoms with Gasteiger partial charge in [-0.3, -0.25) is 0 Å². The molecule has 0 radical (unpaired) electrons. The number of aromatic nitrogens is 6. The summed E-state index contributed by atoms with van der Waals surface area (Å²) in [6.45, 7) is 14.8. The van der Waals surface area contributed by atoms with Gasteiger partial charge in [-0.2, -0.15) is 97.0 Å². The second-order valence-electron chi connectivity index (χ2n) is 27.3. The van der Waals surface area contributed by atoms with E-state index in [1.165, 1.54) is 72.8 Å². The summed E-state index contributed by atoms with van der Waals surface area (Å²) in [5.74, 6) is 0.741. The van der Waals surface area contributed by atoms with Crippen molar-refractivity contribution in [2.24, 2.45) is 0 Å². The van der Waals surface area contributed by atoms with Crippen LogP contribution in [-0.4, -0.2) is 41.2 Å². The van der Waals surface area contributed by atoms with Gasteiger partial charge in [0.25, 0.3) is 0 Å². The molecule has 0 N–H and O–H groups in total. The normalized spacial score (nSPS) is 12.1. The molecule has 19 rings (SSSR count). The maximum absolute atomic E-state index is 4.18. The summed E-state index contributed by atoms with van der Waals surface area (Å²) in [6, 6.07) is 127. The van der Waals surface area contributed by atoms with Crippen molar-refractivity contribution in [1.29, 1.82) is 0 Å². The number of aryl methyl sites for hydroxylation is 1. The van der Waals surface area contributed by atoms with Crippen LogP contribution in [0.5, 0.6) is 0 Å². The average Bonchev–Trinajstić information content (AvgIpc) is 1.65. The number of hydrogen-bond donors (Lipinski definition) is 0. The van der Waals surface area contributed by atoms with Gasteiger partial charge < -0.3 is 59.8 Å². The summed E-state index contributed by atoms with van der Waals surface area (Å²) in [5, 5.41) is 17.5. The van der Waals surface area contributed by atoms with Gasteiger partial charge in [0.15, 0.2) is 0 Å². The average molecular weight is 2010 g/mol. The Hall–Kier alpha value is -11.6. The van der Waals surface area contributed by atoms with E-state index in [4.69, 9.17) is 0 Å². The van der Waals surface area contributed by atoms with E-state index in [-0.39, 0.29) is 68.6 Å². The minimum absolute atomic E-state index is 0. The van der Waals surface area contributed by atoms with Gasteiger partial charge in [0.1, 0.15) is 0 Å². The van der Waals surface area contributed by atoms with Crippen LogP contribution in [0.3, 0.4) is 0 Å². The van der Waals surface area contributed by atoms with E-state index in [0.717, 1.165) is 67.6 Å². The quantitative estimate of drug-likeness (QED) is 0.122. The first-order valence-corrected chi connectivity index (χ1v) is 36.4. The Bertz CT molecular complexity index is 5410. The molecule has 0 saturated carbocycles. The van der Waals surface area contributed by atoms with Gasteiger partial charge >= 0.3 is 63.2 Å². The predicted octanol–water partition coefficient (Wildman–Crippen LogP) is 22.2. The maximum atomic E-state index is 4.18. The van der Waals surface area contributed by atoms with Crippen LogP contribution in [0.2, 0.25) is 0 Å². The Balaban J connectivity index is 0.000000135. The third-order valence-corrected chi connectivity index (χ3v) is 18.5. The Morgan fingerprint density at radius 2 is 0.841 bits per heavy atom. The van der Waals surface area contributed by atoms with Gasteiger partial charge in [-0.05, 0) is 87.3 Å². The van der Waals surface area contributed by atoms with Crippen LogP contribution in [0.4, 0.5) is 39.8 Å². The number of benzene rings is 13. The number of rotatable bonds is 10. The third kappa shape index (κ3) is 20.9. The Morgan fingerprint density at radius 3 is 1.28 bits per heavy atom. The van der Waals surface area contributed by atoms with E-state index in [0.29, 0.717) is 0 Å². The van der Waals surface area contributed by atoms with Crippen molar-refractivity contribution in [1.82, 2.24) is 35.3 Å². The van der Waals surface area contributed by atoms with Crippen molar-refractivity contribution in [3.63, 3.8) is 0 Å². The van der Waals surface area contributed by atoms with E-state index < -0.39 is 0 Å². The van der Waals surface area contributed by atoms with E-state index in [9.17, 15) is 0 Å². The summed E-state index contributed by atoms with van der Waals surface area (Å²) in [5.41, 5.74) is 25.7. The molecule has 0 saturated heterocycles. The fourth-order valence-corrected chi connectivity index (χ4v) is 12.6. The van der Waals surface area contributed by atoms with Crippen LogP contribution in [0.15, 0.2) is 340 Å². The van der Waals surface area contributed by atoms with Gasteiger partial charge in [0, 0.05) is 34.0 Å². The molecule has 562 valence electrons. The molecule has 12 nitrogen and oxygen atoms in total. The zero-order valence-corrected chi connectivity index (χ0v) is 70.2. The van der Waals surface area contributed by atoms with Crippen molar-refractivity contribution in [3.8, 4) is 78.4 Å². The van der Waals surface area contributed by atoms with E-state index in [1.807, 2.05) is 147 Å². The van der Waals surface area contributed by atoms with Crippen molar-refractivity contribution >= 4 is 50.7 Å². The molecule has 0 fully saturated rings. The van der Waals surface area contributed by atoms with Crippen molar-refractivity contribution in [2.45, 2.75) is 33.1 Å². The van der Waals surface area contributed by atoms with Crippen molar-refractivity contribution < 1.29 is 63.2 Å².